The van der Waals surface area contributed by atoms with Crippen LogP contribution < -0.4 is 15.8 Å². The van der Waals surface area contributed by atoms with Gasteiger partial charge in [0.25, 0.3) is 5.91 Å². The van der Waals surface area contributed by atoms with E-state index in [1.54, 1.807) is 0 Å². The molecule has 122 valence electrons. The normalized spacial score (nSPS) is 21.6. The Bertz CT molecular complexity index is 488. The van der Waals surface area contributed by atoms with E-state index in [1.165, 1.54) is 18.4 Å². The molecule has 2 atom stereocenters. The van der Waals surface area contributed by atoms with Crippen LogP contribution in [-0.4, -0.2) is 25.1 Å². The Labute approximate surface area is 133 Å². The van der Waals surface area contributed by atoms with E-state index < -0.39 is 0 Å². The highest BCUT2D eigenvalue weighted by atomic mass is 16.5. The van der Waals surface area contributed by atoms with E-state index in [4.69, 9.17) is 10.5 Å². The molecule has 0 radical (unpaired) electrons. The fourth-order valence-electron chi connectivity index (χ4n) is 3.04. The maximum atomic E-state index is 12.1. The molecule has 2 rings (SSSR count). The van der Waals surface area contributed by atoms with Crippen LogP contribution in [0.5, 0.6) is 5.75 Å². The summed E-state index contributed by atoms with van der Waals surface area (Å²) in [4.78, 5) is 12.1. The summed E-state index contributed by atoms with van der Waals surface area (Å²) in [7, 11) is 0. The number of hydrogen-bond acceptors (Lipinski definition) is 3. The van der Waals surface area contributed by atoms with E-state index in [9.17, 15) is 4.79 Å². The highest BCUT2D eigenvalue weighted by molar-refractivity contribution is 5.77. The first-order chi connectivity index (χ1) is 10.6. The van der Waals surface area contributed by atoms with E-state index in [0.717, 1.165) is 18.6 Å². The number of benzene rings is 1. The zero-order valence-electron chi connectivity index (χ0n) is 13.7. The molecule has 0 saturated heterocycles. The van der Waals surface area contributed by atoms with Crippen molar-refractivity contribution in [2.45, 2.75) is 51.5 Å². The second-order valence-electron chi connectivity index (χ2n) is 6.47. The molecule has 1 amide bonds. The van der Waals surface area contributed by atoms with Gasteiger partial charge in [0, 0.05) is 6.04 Å². The lowest BCUT2D eigenvalue weighted by atomic mass is 9.84. The van der Waals surface area contributed by atoms with Crippen molar-refractivity contribution in [1.29, 1.82) is 0 Å². The van der Waals surface area contributed by atoms with Gasteiger partial charge in [-0.15, -0.1) is 0 Å². The van der Waals surface area contributed by atoms with Gasteiger partial charge in [-0.25, -0.2) is 0 Å². The van der Waals surface area contributed by atoms with Crippen LogP contribution in [0, 0.1) is 5.92 Å². The van der Waals surface area contributed by atoms with Gasteiger partial charge in [-0.3, -0.25) is 4.79 Å². The Morgan fingerprint density at radius 3 is 2.86 bits per heavy atom. The molecule has 0 spiro atoms. The number of hydrogen-bond donors (Lipinski definition) is 2. The Kier molecular flexibility index (Phi) is 6.25. The highest BCUT2D eigenvalue weighted by Crippen LogP contribution is 2.23. The van der Waals surface area contributed by atoms with E-state index in [-0.39, 0.29) is 18.6 Å². The van der Waals surface area contributed by atoms with Crippen LogP contribution in [0.25, 0.3) is 0 Å². The summed E-state index contributed by atoms with van der Waals surface area (Å²) in [5.74, 6) is 1.55. The lowest BCUT2D eigenvalue weighted by Crippen LogP contribution is -2.46. The van der Waals surface area contributed by atoms with Crippen LogP contribution in [0.15, 0.2) is 24.3 Å². The number of nitrogens with one attached hydrogen (secondary N) is 1. The lowest BCUT2D eigenvalue weighted by molar-refractivity contribution is -0.124. The van der Waals surface area contributed by atoms with E-state index in [1.807, 2.05) is 18.2 Å². The van der Waals surface area contributed by atoms with Gasteiger partial charge in [-0.1, -0.05) is 38.8 Å². The van der Waals surface area contributed by atoms with Gasteiger partial charge in [0.05, 0.1) is 0 Å². The minimum absolute atomic E-state index is 0.0553. The largest absolute Gasteiger partial charge is 0.484 e. The molecule has 1 aliphatic carbocycles. The molecule has 1 aromatic carbocycles. The molecule has 1 aromatic rings. The van der Waals surface area contributed by atoms with Crippen LogP contribution in [-0.2, 0) is 4.79 Å². The smallest absolute Gasteiger partial charge is 0.258 e. The Morgan fingerprint density at radius 1 is 1.36 bits per heavy atom. The van der Waals surface area contributed by atoms with Crippen molar-refractivity contribution in [2.24, 2.45) is 11.7 Å². The summed E-state index contributed by atoms with van der Waals surface area (Å²) < 4.78 is 5.63. The van der Waals surface area contributed by atoms with Crippen LogP contribution in [0.1, 0.15) is 51.0 Å². The molecule has 4 heteroatoms. The third-order valence-electron chi connectivity index (χ3n) is 4.45. The zero-order chi connectivity index (χ0) is 15.9. The molecule has 1 saturated carbocycles. The van der Waals surface area contributed by atoms with Gasteiger partial charge in [0.1, 0.15) is 5.75 Å². The Morgan fingerprint density at radius 2 is 2.14 bits per heavy atom. The van der Waals surface area contributed by atoms with Gasteiger partial charge >= 0.3 is 0 Å². The van der Waals surface area contributed by atoms with Crippen LogP contribution >= 0.6 is 0 Å². The van der Waals surface area contributed by atoms with Crippen LogP contribution in [0.4, 0.5) is 0 Å². The first-order valence-electron chi connectivity index (χ1n) is 8.32. The molecule has 4 nitrogen and oxygen atoms in total. The van der Waals surface area contributed by atoms with E-state index in [2.05, 4.69) is 25.2 Å². The summed E-state index contributed by atoms with van der Waals surface area (Å²) in [6, 6.07) is 8.14. The van der Waals surface area contributed by atoms with E-state index in [0.29, 0.717) is 18.4 Å². The highest BCUT2D eigenvalue weighted by Gasteiger charge is 2.25. The van der Waals surface area contributed by atoms with Gasteiger partial charge in [0.2, 0.25) is 0 Å². The molecule has 3 N–H and O–H groups in total. The van der Waals surface area contributed by atoms with Crippen molar-refractivity contribution >= 4 is 5.91 Å². The molecule has 0 heterocycles. The lowest BCUT2D eigenvalue weighted by Gasteiger charge is -2.31. The second kappa shape index (κ2) is 8.18. The summed E-state index contributed by atoms with van der Waals surface area (Å²) in [5.41, 5.74) is 7.01. The predicted octanol–water partition coefficient (Wildman–Crippen LogP) is 2.82. The van der Waals surface area contributed by atoms with Gasteiger partial charge in [-0.05, 0) is 48.9 Å². The quantitative estimate of drug-likeness (QED) is 0.849. The van der Waals surface area contributed by atoms with Crippen molar-refractivity contribution in [2.75, 3.05) is 13.2 Å². The Hall–Kier alpha value is -1.55. The molecule has 0 aliphatic heterocycles. The van der Waals surface area contributed by atoms with Crippen molar-refractivity contribution in [3.63, 3.8) is 0 Å². The third-order valence-corrected chi connectivity index (χ3v) is 4.45. The molecule has 22 heavy (non-hydrogen) atoms. The van der Waals surface area contributed by atoms with E-state index >= 15 is 0 Å². The molecule has 1 aliphatic rings. The fourth-order valence-corrected chi connectivity index (χ4v) is 3.04. The summed E-state index contributed by atoms with van der Waals surface area (Å²) in [5, 5.41) is 3.08. The number of amides is 1. The summed E-state index contributed by atoms with van der Waals surface area (Å²) >= 11 is 0. The van der Waals surface area contributed by atoms with Crippen molar-refractivity contribution in [1.82, 2.24) is 5.32 Å². The number of carbonyl (C=O) groups excluding carboxylic acids is 1. The number of ether oxygens (including phenoxy) is 1. The average Bonchev–Trinajstić information content (AvgIpc) is 2.53. The standard InChI is InChI=1S/C18H28N2O2/c1-13(2)14-7-5-8-16(10-14)22-12-18(21)20-17-9-4-3-6-15(17)11-19/h5,7-8,10,13,15,17H,3-4,6,9,11-12,19H2,1-2H3,(H,20,21). The maximum Gasteiger partial charge on any atom is 0.258 e. The zero-order valence-corrected chi connectivity index (χ0v) is 13.7. The fraction of sp³-hybridized carbons (Fsp3) is 0.611. The number of nitrogens with two attached hydrogens (primary N) is 1. The SMILES string of the molecule is CC(C)c1cccc(OCC(=O)NC2CCCCC2CN)c1. The van der Waals surface area contributed by atoms with Gasteiger partial charge in [-0.2, -0.15) is 0 Å². The van der Waals surface area contributed by atoms with Crippen LogP contribution in [0.2, 0.25) is 0 Å². The van der Waals surface area contributed by atoms with Crippen molar-refractivity contribution in [3.05, 3.63) is 29.8 Å². The predicted molar refractivity (Wildman–Crippen MR) is 89.0 cm³/mol. The van der Waals surface area contributed by atoms with Crippen molar-refractivity contribution in [3.8, 4) is 5.75 Å². The second-order valence-corrected chi connectivity index (χ2v) is 6.47. The first-order valence-corrected chi connectivity index (χ1v) is 8.32. The monoisotopic (exact) mass is 304 g/mol. The summed E-state index contributed by atoms with van der Waals surface area (Å²) in [6.07, 6.45) is 4.51. The molecular weight excluding hydrogens is 276 g/mol. The number of rotatable bonds is 6. The molecule has 0 bridgehead atoms. The van der Waals surface area contributed by atoms with Gasteiger partial charge in [0.15, 0.2) is 6.61 Å². The molecule has 0 aromatic heterocycles. The topological polar surface area (TPSA) is 64.3 Å². The molecular formula is C18H28N2O2. The minimum atomic E-state index is -0.0553. The number of carbonyl (C=O) groups is 1. The van der Waals surface area contributed by atoms with Gasteiger partial charge < -0.3 is 15.8 Å². The minimum Gasteiger partial charge on any atom is -0.484 e. The third kappa shape index (κ3) is 4.73. The summed E-state index contributed by atoms with van der Waals surface area (Å²) in [6.45, 7) is 4.99. The maximum absolute atomic E-state index is 12.1. The first kappa shape index (κ1) is 16.8. The molecule has 2 unspecified atom stereocenters. The average molecular weight is 304 g/mol. The molecule has 1 fully saturated rings. The Balaban J connectivity index is 1.83. The van der Waals surface area contributed by atoms with Crippen LogP contribution in [0.3, 0.4) is 0 Å². The van der Waals surface area contributed by atoms with Crippen molar-refractivity contribution < 1.29 is 9.53 Å².